The Morgan fingerprint density at radius 3 is 3.08 bits per heavy atom. The Bertz CT molecular complexity index is 178. The van der Waals surface area contributed by atoms with Crippen molar-refractivity contribution in [3.05, 3.63) is 0 Å². The summed E-state index contributed by atoms with van der Waals surface area (Å²) < 4.78 is 10.4. The van der Waals surface area contributed by atoms with Crippen LogP contribution in [0.4, 0.5) is 0 Å². The van der Waals surface area contributed by atoms with Gasteiger partial charge < -0.3 is 9.47 Å². The smallest absolute Gasteiger partial charge is 0.311 e. The molecule has 3 heteroatoms. The standard InChI is InChI=1S/C9H14O3/c1-2-11-9(10)7-6-4-3-5-12-8(6)7/h6-8H,2-5H2,1H3/t6-,7-,8+/m1/s1. The third-order valence-corrected chi connectivity index (χ3v) is 2.65. The molecule has 0 spiro atoms. The molecule has 1 heterocycles. The van der Waals surface area contributed by atoms with E-state index in [0.717, 1.165) is 19.4 Å². The van der Waals surface area contributed by atoms with Crippen molar-refractivity contribution in [1.29, 1.82) is 0 Å². The molecule has 0 amide bonds. The summed E-state index contributed by atoms with van der Waals surface area (Å²) in [7, 11) is 0. The second kappa shape index (κ2) is 3.05. The lowest BCUT2D eigenvalue weighted by atomic mass is 10.2. The van der Waals surface area contributed by atoms with Crippen LogP contribution in [0.2, 0.25) is 0 Å². The number of fused-ring (bicyclic) bond motifs is 1. The SMILES string of the molecule is CCOC(=O)[C@@H]1[C@H]2CCCO[C@@H]21. The zero-order valence-electron chi connectivity index (χ0n) is 7.29. The largest absolute Gasteiger partial charge is 0.466 e. The first kappa shape index (κ1) is 8.05. The van der Waals surface area contributed by atoms with Crippen LogP contribution in [0.5, 0.6) is 0 Å². The number of hydrogen-bond donors (Lipinski definition) is 0. The summed E-state index contributed by atoms with van der Waals surface area (Å²) in [5.74, 6) is 0.472. The number of rotatable bonds is 2. The molecule has 2 fully saturated rings. The first-order valence-corrected chi connectivity index (χ1v) is 4.63. The molecule has 2 aliphatic rings. The number of ether oxygens (including phenoxy) is 2. The van der Waals surface area contributed by atoms with Crippen molar-refractivity contribution in [2.45, 2.75) is 25.9 Å². The van der Waals surface area contributed by atoms with Crippen molar-refractivity contribution in [2.24, 2.45) is 11.8 Å². The molecular formula is C9H14O3. The van der Waals surface area contributed by atoms with E-state index in [4.69, 9.17) is 9.47 Å². The zero-order chi connectivity index (χ0) is 8.55. The maximum Gasteiger partial charge on any atom is 0.311 e. The average molecular weight is 170 g/mol. The van der Waals surface area contributed by atoms with Crippen LogP contribution < -0.4 is 0 Å². The quantitative estimate of drug-likeness (QED) is 0.579. The first-order chi connectivity index (χ1) is 5.84. The normalized spacial score (nSPS) is 38.6. The molecule has 1 saturated carbocycles. The predicted molar refractivity (Wildman–Crippen MR) is 42.6 cm³/mol. The summed E-state index contributed by atoms with van der Waals surface area (Å²) in [4.78, 5) is 11.3. The Labute approximate surface area is 72.0 Å². The molecule has 68 valence electrons. The van der Waals surface area contributed by atoms with Crippen LogP contribution in [0.15, 0.2) is 0 Å². The highest BCUT2D eigenvalue weighted by atomic mass is 16.5. The fraction of sp³-hybridized carbons (Fsp3) is 0.889. The van der Waals surface area contributed by atoms with Crippen molar-refractivity contribution >= 4 is 5.97 Å². The van der Waals surface area contributed by atoms with Gasteiger partial charge in [0.1, 0.15) is 0 Å². The van der Waals surface area contributed by atoms with Crippen molar-refractivity contribution in [3.63, 3.8) is 0 Å². The second-order valence-corrected chi connectivity index (χ2v) is 3.42. The molecule has 1 saturated heterocycles. The van der Waals surface area contributed by atoms with Crippen LogP contribution in [-0.4, -0.2) is 25.3 Å². The highest BCUT2D eigenvalue weighted by molar-refractivity contribution is 5.77. The molecule has 0 aromatic heterocycles. The highest BCUT2D eigenvalue weighted by Gasteiger charge is 2.57. The minimum Gasteiger partial charge on any atom is -0.466 e. The molecule has 12 heavy (non-hydrogen) atoms. The van der Waals surface area contributed by atoms with Gasteiger partial charge in [0.05, 0.1) is 18.6 Å². The van der Waals surface area contributed by atoms with Gasteiger partial charge >= 0.3 is 5.97 Å². The summed E-state index contributed by atoms with van der Waals surface area (Å²) in [5, 5.41) is 0. The number of carbonyl (C=O) groups excluding carboxylic acids is 1. The average Bonchev–Trinajstić information content (AvgIpc) is 2.78. The van der Waals surface area contributed by atoms with Crippen molar-refractivity contribution in [2.75, 3.05) is 13.2 Å². The van der Waals surface area contributed by atoms with Gasteiger partial charge in [0.25, 0.3) is 0 Å². The third kappa shape index (κ3) is 1.22. The van der Waals surface area contributed by atoms with E-state index < -0.39 is 0 Å². The van der Waals surface area contributed by atoms with E-state index in [1.807, 2.05) is 6.92 Å². The molecular weight excluding hydrogens is 156 g/mol. The van der Waals surface area contributed by atoms with Crippen LogP contribution in [0.3, 0.4) is 0 Å². The summed E-state index contributed by atoms with van der Waals surface area (Å²) in [6.45, 7) is 3.14. The Morgan fingerprint density at radius 2 is 2.50 bits per heavy atom. The monoisotopic (exact) mass is 170 g/mol. The predicted octanol–water partition coefficient (Wildman–Crippen LogP) is 0.974. The third-order valence-electron chi connectivity index (χ3n) is 2.65. The van der Waals surface area contributed by atoms with E-state index in [0.29, 0.717) is 12.5 Å². The molecule has 0 aromatic carbocycles. The summed E-state index contributed by atoms with van der Waals surface area (Å²) >= 11 is 0. The molecule has 0 unspecified atom stereocenters. The van der Waals surface area contributed by atoms with Gasteiger partial charge in [-0.25, -0.2) is 0 Å². The van der Waals surface area contributed by atoms with E-state index in [1.165, 1.54) is 0 Å². The maximum absolute atomic E-state index is 11.3. The molecule has 0 aromatic rings. The fourth-order valence-electron chi connectivity index (χ4n) is 2.00. The van der Waals surface area contributed by atoms with Gasteiger partial charge in [0.15, 0.2) is 0 Å². The minimum absolute atomic E-state index is 0.0607. The number of hydrogen-bond acceptors (Lipinski definition) is 3. The van der Waals surface area contributed by atoms with Crippen molar-refractivity contribution in [1.82, 2.24) is 0 Å². The van der Waals surface area contributed by atoms with Crippen LogP contribution >= 0.6 is 0 Å². The van der Waals surface area contributed by atoms with Gasteiger partial charge in [-0.3, -0.25) is 4.79 Å². The van der Waals surface area contributed by atoms with Crippen LogP contribution in [0.1, 0.15) is 19.8 Å². The lowest BCUT2D eigenvalue weighted by Gasteiger charge is -2.07. The zero-order valence-corrected chi connectivity index (χ0v) is 7.29. The first-order valence-electron chi connectivity index (χ1n) is 4.63. The molecule has 3 nitrogen and oxygen atoms in total. The van der Waals surface area contributed by atoms with E-state index in [9.17, 15) is 4.79 Å². The summed E-state index contributed by atoms with van der Waals surface area (Å²) in [6, 6.07) is 0. The molecule has 1 aliphatic carbocycles. The molecule has 0 radical (unpaired) electrons. The van der Waals surface area contributed by atoms with Crippen molar-refractivity contribution in [3.8, 4) is 0 Å². The summed E-state index contributed by atoms with van der Waals surface area (Å²) in [6.07, 6.45) is 2.42. The van der Waals surface area contributed by atoms with E-state index in [2.05, 4.69) is 0 Å². The van der Waals surface area contributed by atoms with Crippen molar-refractivity contribution < 1.29 is 14.3 Å². The van der Waals surface area contributed by atoms with Gasteiger partial charge in [0, 0.05) is 12.5 Å². The molecule has 0 N–H and O–H groups in total. The van der Waals surface area contributed by atoms with Crippen LogP contribution in [0, 0.1) is 11.8 Å². The van der Waals surface area contributed by atoms with E-state index in [1.54, 1.807) is 0 Å². The second-order valence-electron chi connectivity index (χ2n) is 3.42. The molecule has 0 bridgehead atoms. The topological polar surface area (TPSA) is 35.5 Å². The highest BCUT2D eigenvalue weighted by Crippen LogP contribution is 2.48. The Kier molecular flexibility index (Phi) is 2.05. The van der Waals surface area contributed by atoms with Gasteiger partial charge in [0.2, 0.25) is 0 Å². The van der Waals surface area contributed by atoms with E-state index in [-0.39, 0.29) is 18.0 Å². The van der Waals surface area contributed by atoms with Crippen LogP contribution in [0.25, 0.3) is 0 Å². The lowest BCUT2D eigenvalue weighted by molar-refractivity contribution is -0.145. The molecule has 3 atom stereocenters. The lowest BCUT2D eigenvalue weighted by Crippen LogP contribution is -2.10. The van der Waals surface area contributed by atoms with Gasteiger partial charge in [-0.2, -0.15) is 0 Å². The Hall–Kier alpha value is -0.570. The minimum atomic E-state index is -0.0607. The van der Waals surface area contributed by atoms with Gasteiger partial charge in [-0.1, -0.05) is 0 Å². The maximum atomic E-state index is 11.3. The molecule has 2 rings (SSSR count). The summed E-state index contributed by atoms with van der Waals surface area (Å²) in [5.41, 5.74) is 0. The van der Waals surface area contributed by atoms with Gasteiger partial charge in [-0.05, 0) is 19.8 Å². The van der Waals surface area contributed by atoms with Gasteiger partial charge in [-0.15, -0.1) is 0 Å². The number of carbonyl (C=O) groups is 1. The van der Waals surface area contributed by atoms with Crippen LogP contribution in [-0.2, 0) is 14.3 Å². The van der Waals surface area contributed by atoms with E-state index >= 15 is 0 Å². The Balaban J connectivity index is 1.87. The Morgan fingerprint density at radius 1 is 1.67 bits per heavy atom. The molecule has 1 aliphatic heterocycles. The number of esters is 1. The fourth-order valence-corrected chi connectivity index (χ4v) is 2.00.